The van der Waals surface area contributed by atoms with Crippen molar-refractivity contribution in [2.24, 2.45) is 0 Å². The number of piperidine rings is 1. The van der Waals surface area contributed by atoms with Crippen LogP contribution in [-0.2, 0) is 11.3 Å². The van der Waals surface area contributed by atoms with E-state index < -0.39 is 0 Å². The zero-order valence-electron chi connectivity index (χ0n) is 16.0. The summed E-state index contributed by atoms with van der Waals surface area (Å²) in [4.78, 5) is 2.47. The topological polar surface area (TPSA) is 52.4 Å². The van der Waals surface area contributed by atoms with Gasteiger partial charge in [-0.2, -0.15) is 10.2 Å². The monoisotopic (exact) mass is 378 g/mol. The molecule has 4 heterocycles. The van der Waals surface area contributed by atoms with E-state index in [1.165, 1.54) is 16.5 Å². The van der Waals surface area contributed by atoms with E-state index >= 15 is 0 Å². The van der Waals surface area contributed by atoms with Gasteiger partial charge in [0, 0.05) is 44.0 Å². The average Bonchev–Trinajstić information content (AvgIpc) is 3.40. The summed E-state index contributed by atoms with van der Waals surface area (Å²) in [6, 6.07) is 11.1. The third-order valence-corrected chi connectivity index (χ3v) is 5.90. The van der Waals surface area contributed by atoms with Crippen LogP contribution in [0.4, 0.5) is 0 Å². The summed E-state index contributed by atoms with van der Waals surface area (Å²) in [5.74, 6) is 1.01. The van der Waals surface area contributed by atoms with E-state index in [2.05, 4.69) is 50.1 Å². The number of hydrogen-bond acceptors (Lipinski definition) is 5. The number of nitrogens with zero attached hydrogens (tertiary/aromatic N) is 4. The Bertz CT molecular complexity index is 913. The molecule has 2 aliphatic rings. The van der Waals surface area contributed by atoms with Gasteiger partial charge < -0.3 is 14.0 Å². The lowest BCUT2D eigenvalue weighted by atomic mass is 10.1. The van der Waals surface area contributed by atoms with Gasteiger partial charge in [0.05, 0.1) is 24.4 Å². The number of ether oxygens (including phenoxy) is 2. The first kappa shape index (κ1) is 17.6. The Hall–Kier alpha value is -2.44. The molecule has 146 valence electrons. The lowest BCUT2D eigenvalue weighted by Crippen LogP contribution is -2.37. The highest BCUT2D eigenvalue weighted by Gasteiger charge is 2.23. The van der Waals surface area contributed by atoms with Gasteiger partial charge in [0.15, 0.2) is 0 Å². The third-order valence-electron chi connectivity index (χ3n) is 5.90. The van der Waals surface area contributed by atoms with Gasteiger partial charge in [0.1, 0.15) is 11.9 Å². The molecular formula is C22H26N4O2. The van der Waals surface area contributed by atoms with E-state index in [0.717, 1.165) is 57.9 Å². The summed E-state index contributed by atoms with van der Waals surface area (Å²) < 4.78 is 14.4. The Morgan fingerprint density at radius 1 is 1.07 bits per heavy atom. The van der Waals surface area contributed by atoms with Crippen LogP contribution in [0.2, 0.25) is 0 Å². The minimum Gasteiger partial charge on any atom is -0.490 e. The van der Waals surface area contributed by atoms with Crippen molar-refractivity contribution in [1.82, 2.24) is 19.7 Å². The van der Waals surface area contributed by atoms with Gasteiger partial charge in [0.25, 0.3) is 0 Å². The fourth-order valence-electron chi connectivity index (χ4n) is 4.36. The highest BCUT2D eigenvalue weighted by Crippen LogP contribution is 2.32. The molecular weight excluding hydrogens is 352 g/mol. The molecule has 6 nitrogen and oxygen atoms in total. The maximum Gasteiger partial charge on any atom is 0.129 e. The van der Waals surface area contributed by atoms with Crippen LogP contribution < -0.4 is 4.74 Å². The fourth-order valence-corrected chi connectivity index (χ4v) is 4.36. The lowest BCUT2D eigenvalue weighted by Gasteiger charge is -2.32. The van der Waals surface area contributed by atoms with Crippen LogP contribution in [0.3, 0.4) is 0 Å². The van der Waals surface area contributed by atoms with Gasteiger partial charge in [-0.05, 0) is 49.1 Å². The van der Waals surface area contributed by atoms with E-state index in [1.807, 2.05) is 12.3 Å². The molecule has 0 radical (unpaired) electrons. The SMILES string of the molecule is c1cc(OC2CCN(Cc3ccnnc3)CC2)c2ccn(C3CCOC3)c2c1. The Kier molecular flexibility index (Phi) is 4.97. The van der Waals surface area contributed by atoms with E-state index in [4.69, 9.17) is 9.47 Å². The quantitative estimate of drug-likeness (QED) is 0.681. The maximum absolute atomic E-state index is 6.45. The largest absolute Gasteiger partial charge is 0.490 e. The third kappa shape index (κ3) is 3.62. The van der Waals surface area contributed by atoms with Gasteiger partial charge >= 0.3 is 0 Å². The summed E-state index contributed by atoms with van der Waals surface area (Å²) in [6.07, 6.45) is 9.25. The van der Waals surface area contributed by atoms with Crippen LogP contribution in [0.1, 0.15) is 30.9 Å². The number of hydrogen-bond donors (Lipinski definition) is 0. The van der Waals surface area contributed by atoms with Crippen LogP contribution in [0, 0.1) is 0 Å². The molecule has 0 N–H and O–H groups in total. The fraction of sp³-hybridized carbons (Fsp3) is 0.455. The predicted molar refractivity (Wildman–Crippen MR) is 107 cm³/mol. The second-order valence-corrected chi connectivity index (χ2v) is 7.77. The van der Waals surface area contributed by atoms with Crippen LogP contribution in [0.15, 0.2) is 48.9 Å². The zero-order chi connectivity index (χ0) is 18.8. The second-order valence-electron chi connectivity index (χ2n) is 7.77. The first-order valence-electron chi connectivity index (χ1n) is 10.2. The van der Waals surface area contributed by atoms with Crippen LogP contribution in [0.25, 0.3) is 10.9 Å². The number of aromatic nitrogens is 3. The van der Waals surface area contributed by atoms with Crippen molar-refractivity contribution in [3.05, 3.63) is 54.5 Å². The van der Waals surface area contributed by atoms with Gasteiger partial charge in [-0.25, -0.2) is 0 Å². The Balaban J connectivity index is 1.24. The van der Waals surface area contributed by atoms with Crippen molar-refractivity contribution in [2.45, 2.75) is 38.0 Å². The lowest BCUT2D eigenvalue weighted by molar-refractivity contribution is 0.0979. The Morgan fingerprint density at radius 3 is 2.79 bits per heavy atom. The molecule has 0 spiro atoms. The van der Waals surface area contributed by atoms with Crippen molar-refractivity contribution < 1.29 is 9.47 Å². The molecule has 0 aliphatic carbocycles. The first-order chi connectivity index (χ1) is 13.9. The summed E-state index contributed by atoms with van der Waals surface area (Å²) in [5, 5.41) is 9.03. The highest BCUT2D eigenvalue weighted by molar-refractivity contribution is 5.86. The molecule has 2 fully saturated rings. The van der Waals surface area contributed by atoms with Gasteiger partial charge in [0.2, 0.25) is 0 Å². The molecule has 1 aromatic carbocycles. The first-order valence-corrected chi connectivity index (χ1v) is 10.2. The molecule has 6 heteroatoms. The minimum atomic E-state index is 0.274. The van der Waals surface area contributed by atoms with Crippen LogP contribution >= 0.6 is 0 Å². The zero-order valence-corrected chi connectivity index (χ0v) is 16.0. The van der Waals surface area contributed by atoms with Gasteiger partial charge in [-0.15, -0.1) is 0 Å². The molecule has 2 aliphatic heterocycles. The normalized spacial score (nSPS) is 21.4. The van der Waals surface area contributed by atoms with Crippen molar-refractivity contribution >= 4 is 10.9 Å². The molecule has 5 rings (SSSR count). The van der Waals surface area contributed by atoms with Gasteiger partial charge in [-0.3, -0.25) is 4.90 Å². The molecule has 2 saturated heterocycles. The maximum atomic E-state index is 6.45. The van der Waals surface area contributed by atoms with E-state index in [9.17, 15) is 0 Å². The average molecular weight is 378 g/mol. The number of rotatable bonds is 5. The highest BCUT2D eigenvalue weighted by atomic mass is 16.5. The second kappa shape index (κ2) is 7.89. The predicted octanol–water partition coefficient (Wildman–Crippen LogP) is 3.44. The molecule has 28 heavy (non-hydrogen) atoms. The summed E-state index contributed by atoms with van der Waals surface area (Å²) in [5.41, 5.74) is 2.46. The van der Waals surface area contributed by atoms with Crippen molar-refractivity contribution in [3.63, 3.8) is 0 Å². The number of benzene rings is 1. The Morgan fingerprint density at radius 2 is 2.00 bits per heavy atom. The number of fused-ring (bicyclic) bond motifs is 1. The van der Waals surface area contributed by atoms with Crippen LogP contribution in [-0.4, -0.2) is 52.1 Å². The Labute approximate surface area is 165 Å². The molecule has 1 atom stereocenters. The summed E-state index contributed by atoms with van der Waals surface area (Å²) in [6.45, 7) is 4.69. The van der Waals surface area contributed by atoms with E-state index in [0.29, 0.717) is 6.04 Å². The smallest absolute Gasteiger partial charge is 0.129 e. The van der Waals surface area contributed by atoms with E-state index in [1.54, 1.807) is 6.20 Å². The summed E-state index contributed by atoms with van der Waals surface area (Å²) >= 11 is 0. The van der Waals surface area contributed by atoms with Crippen molar-refractivity contribution in [3.8, 4) is 5.75 Å². The van der Waals surface area contributed by atoms with Gasteiger partial charge in [-0.1, -0.05) is 6.07 Å². The van der Waals surface area contributed by atoms with Crippen molar-refractivity contribution in [1.29, 1.82) is 0 Å². The van der Waals surface area contributed by atoms with Crippen LogP contribution in [0.5, 0.6) is 5.75 Å². The standard InChI is InChI=1S/C22H26N4O2/c1-2-21-20(7-12-26(21)18-8-13-27-16-18)22(3-1)28-19-5-10-25(11-6-19)15-17-4-9-23-24-14-17/h1-4,7,9,12,14,18-19H,5-6,8,10-11,13,15-16H2. The summed E-state index contributed by atoms with van der Waals surface area (Å²) in [7, 11) is 0. The molecule has 0 bridgehead atoms. The molecule has 3 aromatic rings. The molecule has 0 saturated carbocycles. The number of likely N-dealkylation sites (tertiary alicyclic amines) is 1. The molecule has 2 aromatic heterocycles. The van der Waals surface area contributed by atoms with Crippen molar-refractivity contribution in [2.75, 3.05) is 26.3 Å². The molecule has 0 amide bonds. The van der Waals surface area contributed by atoms with E-state index in [-0.39, 0.29) is 6.10 Å². The minimum absolute atomic E-state index is 0.274. The molecule has 1 unspecified atom stereocenters.